The van der Waals surface area contributed by atoms with Crippen molar-refractivity contribution in [3.63, 3.8) is 0 Å². The van der Waals surface area contributed by atoms with Gasteiger partial charge in [-0.05, 0) is 55.2 Å². The summed E-state index contributed by atoms with van der Waals surface area (Å²) >= 11 is 1.33. The highest BCUT2D eigenvalue weighted by molar-refractivity contribution is 7.99. The van der Waals surface area contributed by atoms with Crippen LogP contribution in [0.15, 0.2) is 53.9 Å². The largest absolute Gasteiger partial charge is 0.352 e. The molecule has 1 saturated carbocycles. The number of hydrogen-bond acceptors (Lipinski definition) is 5. The standard InChI is InChI=1S/C22H24FN5OS/c1-15-4-2-3-5-19(15)25-20(29)14-30-22-27-26-21(16-10-12-24-13-11-16)28(22)18-8-6-17(23)7-9-18/h6-13,15,19H,2-5,14H2,1H3,(H,25,29). The van der Waals surface area contributed by atoms with E-state index in [-0.39, 0.29) is 23.5 Å². The maximum atomic E-state index is 13.5. The van der Waals surface area contributed by atoms with Crippen LogP contribution in [0.25, 0.3) is 17.1 Å². The second-order valence-electron chi connectivity index (χ2n) is 7.58. The van der Waals surface area contributed by atoms with Crippen LogP contribution >= 0.6 is 11.8 Å². The number of aromatic nitrogens is 4. The lowest BCUT2D eigenvalue weighted by Gasteiger charge is -2.29. The Labute approximate surface area is 179 Å². The first-order chi connectivity index (χ1) is 14.6. The smallest absolute Gasteiger partial charge is 0.230 e. The highest BCUT2D eigenvalue weighted by Gasteiger charge is 2.23. The second-order valence-corrected chi connectivity index (χ2v) is 8.52. The summed E-state index contributed by atoms with van der Waals surface area (Å²) < 4.78 is 15.3. The lowest BCUT2D eigenvalue weighted by atomic mass is 9.86. The zero-order valence-corrected chi connectivity index (χ0v) is 17.6. The van der Waals surface area contributed by atoms with Gasteiger partial charge in [-0.25, -0.2) is 4.39 Å². The van der Waals surface area contributed by atoms with Crippen molar-refractivity contribution < 1.29 is 9.18 Å². The maximum Gasteiger partial charge on any atom is 0.230 e. The molecule has 1 aliphatic rings. The Balaban J connectivity index is 1.55. The van der Waals surface area contributed by atoms with Crippen molar-refractivity contribution in [2.45, 2.75) is 43.8 Å². The molecule has 0 spiro atoms. The lowest BCUT2D eigenvalue weighted by Crippen LogP contribution is -2.41. The third kappa shape index (κ3) is 4.70. The van der Waals surface area contributed by atoms with E-state index in [1.807, 2.05) is 16.7 Å². The van der Waals surface area contributed by atoms with E-state index in [9.17, 15) is 9.18 Å². The molecule has 156 valence electrons. The van der Waals surface area contributed by atoms with Crippen molar-refractivity contribution >= 4 is 17.7 Å². The van der Waals surface area contributed by atoms with E-state index in [0.29, 0.717) is 16.9 Å². The lowest BCUT2D eigenvalue weighted by molar-refractivity contribution is -0.119. The van der Waals surface area contributed by atoms with Crippen LogP contribution in [0.3, 0.4) is 0 Å². The fraction of sp³-hybridized carbons (Fsp3) is 0.364. The van der Waals surface area contributed by atoms with E-state index in [4.69, 9.17) is 0 Å². The maximum absolute atomic E-state index is 13.5. The SMILES string of the molecule is CC1CCCCC1NC(=O)CSc1nnc(-c2ccncc2)n1-c1ccc(F)cc1. The summed E-state index contributed by atoms with van der Waals surface area (Å²) in [5, 5.41) is 12.4. The Kier molecular flexibility index (Phi) is 6.42. The zero-order chi connectivity index (χ0) is 20.9. The highest BCUT2D eigenvalue weighted by Crippen LogP contribution is 2.28. The first kappa shape index (κ1) is 20.5. The molecule has 0 saturated heterocycles. The Bertz CT molecular complexity index is 993. The monoisotopic (exact) mass is 425 g/mol. The third-order valence-corrected chi connectivity index (χ3v) is 6.38. The number of nitrogens with one attached hydrogen (secondary N) is 1. The quantitative estimate of drug-likeness (QED) is 0.598. The fourth-order valence-electron chi connectivity index (χ4n) is 3.78. The van der Waals surface area contributed by atoms with E-state index < -0.39 is 0 Å². The van der Waals surface area contributed by atoms with Gasteiger partial charge in [-0.1, -0.05) is 31.5 Å². The molecule has 4 rings (SSSR count). The molecule has 1 aliphatic carbocycles. The van der Waals surface area contributed by atoms with E-state index in [1.54, 1.807) is 24.5 Å². The number of pyridine rings is 1. The van der Waals surface area contributed by atoms with Gasteiger partial charge in [0.1, 0.15) is 5.82 Å². The number of carbonyl (C=O) groups excluding carboxylic acids is 1. The molecule has 2 aromatic heterocycles. The first-order valence-electron chi connectivity index (χ1n) is 10.2. The number of carbonyl (C=O) groups is 1. The summed E-state index contributed by atoms with van der Waals surface area (Å²) in [5.41, 5.74) is 1.58. The molecule has 30 heavy (non-hydrogen) atoms. The Morgan fingerprint density at radius 3 is 2.60 bits per heavy atom. The molecule has 3 aromatic rings. The van der Waals surface area contributed by atoms with Crippen molar-refractivity contribution in [1.82, 2.24) is 25.1 Å². The predicted octanol–water partition coefficient (Wildman–Crippen LogP) is 4.26. The molecular formula is C22H24FN5OS. The summed E-state index contributed by atoms with van der Waals surface area (Å²) in [6.45, 7) is 2.20. The molecule has 8 heteroatoms. The number of halogens is 1. The summed E-state index contributed by atoms with van der Waals surface area (Å²) in [6.07, 6.45) is 7.97. The van der Waals surface area contributed by atoms with Crippen LogP contribution in [-0.4, -0.2) is 37.5 Å². The highest BCUT2D eigenvalue weighted by atomic mass is 32.2. The van der Waals surface area contributed by atoms with Crippen molar-refractivity contribution in [2.75, 3.05) is 5.75 Å². The van der Waals surface area contributed by atoms with E-state index >= 15 is 0 Å². The molecular weight excluding hydrogens is 401 g/mol. The molecule has 1 amide bonds. The van der Waals surface area contributed by atoms with Gasteiger partial charge in [-0.2, -0.15) is 0 Å². The van der Waals surface area contributed by atoms with E-state index in [0.717, 1.165) is 30.5 Å². The Morgan fingerprint density at radius 2 is 1.87 bits per heavy atom. The molecule has 2 unspecified atom stereocenters. The van der Waals surface area contributed by atoms with Crippen LogP contribution in [0.1, 0.15) is 32.6 Å². The minimum absolute atomic E-state index is 0.00197. The number of benzene rings is 1. The third-order valence-electron chi connectivity index (χ3n) is 5.45. The first-order valence-corrected chi connectivity index (χ1v) is 11.1. The predicted molar refractivity (Wildman–Crippen MR) is 115 cm³/mol. The van der Waals surface area contributed by atoms with Crippen molar-refractivity contribution in [3.05, 3.63) is 54.6 Å². The van der Waals surface area contributed by atoms with Gasteiger partial charge < -0.3 is 5.32 Å². The number of amides is 1. The summed E-state index contributed by atoms with van der Waals surface area (Å²) in [5.74, 6) is 1.06. The van der Waals surface area contributed by atoms with Crippen LogP contribution < -0.4 is 5.32 Å². The van der Waals surface area contributed by atoms with Gasteiger partial charge in [-0.3, -0.25) is 14.3 Å². The normalized spacial score (nSPS) is 18.9. The van der Waals surface area contributed by atoms with Gasteiger partial charge in [0.2, 0.25) is 5.91 Å². The van der Waals surface area contributed by atoms with E-state index in [1.165, 1.54) is 30.3 Å². The average Bonchev–Trinajstić information content (AvgIpc) is 3.19. The summed E-state index contributed by atoms with van der Waals surface area (Å²) in [6, 6.07) is 10.1. The minimum Gasteiger partial charge on any atom is -0.352 e. The molecule has 1 aromatic carbocycles. The zero-order valence-electron chi connectivity index (χ0n) is 16.8. The van der Waals surface area contributed by atoms with Gasteiger partial charge in [0.15, 0.2) is 11.0 Å². The number of nitrogens with zero attached hydrogens (tertiary/aromatic N) is 4. The molecule has 2 heterocycles. The van der Waals surface area contributed by atoms with Gasteiger partial charge >= 0.3 is 0 Å². The second kappa shape index (κ2) is 9.38. The topological polar surface area (TPSA) is 72.7 Å². The van der Waals surface area contributed by atoms with E-state index in [2.05, 4.69) is 27.4 Å². The fourth-order valence-corrected chi connectivity index (χ4v) is 4.55. The number of rotatable bonds is 6. The van der Waals surface area contributed by atoms with Crippen LogP contribution in [0, 0.1) is 11.7 Å². The van der Waals surface area contributed by atoms with Crippen LogP contribution in [0.2, 0.25) is 0 Å². The molecule has 1 fully saturated rings. The Morgan fingerprint density at radius 1 is 1.13 bits per heavy atom. The van der Waals surface area contributed by atoms with Gasteiger partial charge in [-0.15, -0.1) is 10.2 Å². The van der Waals surface area contributed by atoms with Gasteiger partial charge in [0.05, 0.1) is 5.75 Å². The minimum atomic E-state index is -0.313. The van der Waals surface area contributed by atoms with Gasteiger partial charge in [0, 0.05) is 29.7 Å². The van der Waals surface area contributed by atoms with Crippen LogP contribution in [0.4, 0.5) is 4.39 Å². The molecule has 6 nitrogen and oxygen atoms in total. The molecule has 1 N–H and O–H groups in total. The van der Waals surface area contributed by atoms with Crippen molar-refractivity contribution in [3.8, 4) is 17.1 Å². The molecule has 0 aliphatic heterocycles. The van der Waals surface area contributed by atoms with Crippen molar-refractivity contribution in [2.24, 2.45) is 5.92 Å². The summed E-state index contributed by atoms with van der Waals surface area (Å²) in [7, 11) is 0. The van der Waals surface area contributed by atoms with Gasteiger partial charge in [0.25, 0.3) is 0 Å². The number of hydrogen-bond donors (Lipinski definition) is 1. The summed E-state index contributed by atoms with van der Waals surface area (Å²) in [4.78, 5) is 16.6. The average molecular weight is 426 g/mol. The number of thioether (sulfide) groups is 1. The molecule has 0 bridgehead atoms. The Hall–Kier alpha value is -2.74. The molecule has 0 radical (unpaired) electrons. The molecule has 2 atom stereocenters. The van der Waals surface area contributed by atoms with Crippen molar-refractivity contribution in [1.29, 1.82) is 0 Å². The van der Waals surface area contributed by atoms with Crippen LogP contribution in [-0.2, 0) is 4.79 Å². The van der Waals surface area contributed by atoms with Crippen LogP contribution in [0.5, 0.6) is 0 Å².